The summed E-state index contributed by atoms with van der Waals surface area (Å²) in [6, 6.07) is 4.41. The lowest BCUT2D eigenvalue weighted by Crippen LogP contribution is -2.66. The molecule has 4 aliphatic rings. The first kappa shape index (κ1) is 21.9. The molecule has 1 aromatic carbocycles. The zero-order valence-corrected chi connectivity index (χ0v) is 17.7. The lowest BCUT2D eigenvalue weighted by molar-refractivity contribution is -0.163. The van der Waals surface area contributed by atoms with Crippen LogP contribution in [0.2, 0.25) is 0 Å². The Morgan fingerprint density at radius 3 is 2.66 bits per heavy atom. The van der Waals surface area contributed by atoms with Gasteiger partial charge in [-0.15, -0.1) is 12.4 Å². The third-order valence-electron chi connectivity index (χ3n) is 7.10. The average molecular weight is 426 g/mol. The Morgan fingerprint density at radius 1 is 1.21 bits per heavy atom. The van der Waals surface area contributed by atoms with Crippen molar-refractivity contribution in [3.05, 3.63) is 23.3 Å². The van der Waals surface area contributed by atoms with Gasteiger partial charge < -0.3 is 24.6 Å². The predicted octanol–water partition coefficient (Wildman–Crippen LogP) is 1.81. The lowest BCUT2D eigenvalue weighted by atomic mass is 9.51. The van der Waals surface area contributed by atoms with Crippen molar-refractivity contribution >= 4 is 24.3 Å². The quantitative estimate of drug-likeness (QED) is 0.529. The SMILES string of the molecule is CC(=O)Oc1ccc2c3c1OC1C(OC(C)=O)CC[C@H]4[C@@H](C2)N(C)CC[C@]314.Cl.O. The molecule has 5 atom stereocenters. The molecule has 8 heteroatoms. The third kappa shape index (κ3) is 2.94. The molecule has 29 heavy (non-hydrogen) atoms. The number of likely N-dealkylation sites (N-methyl/N-ethyl adjacent to an activating group) is 1. The van der Waals surface area contributed by atoms with E-state index in [0.717, 1.165) is 32.2 Å². The Morgan fingerprint density at radius 2 is 1.97 bits per heavy atom. The number of likely N-dealkylation sites (tertiary alicyclic amines) is 1. The van der Waals surface area contributed by atoms with Crippen LogP contribution in [0.15, 0.2) is 12.1 Å². The molecule has 2 aliphatic carbocycles. The van der Waals surface area contributed by atoms with Gasteiger partial charge in [-0.25, -0.2) is 0 Å². The number of carbonyl (C=O) groups is 2. The summed E-state index contributed by atoms with van der Waals surface area (Å²) in [6.45, 7) is 3.85. The van der Waals surface area contributed by atoms with Gasteiger partial charge in [0.2, 0.25) is 0 Å². The Bertz CT molecular complexity index is 845. The lowest BCUT2D eigenvalue weighted by Gasteiger charge is -2.58. The number of nitrogens with zero attached hydrogens (tertiary/aromatic N) is 1. The number of ether oxygens (including phenoxy) is 3. The van der Waals surface area contributed by atoms with Crippen LogP contribution in [0.4, 0.5) is 0 Å². The molecule has 5 rings (SSSR count). The highest BCUT2D eigenvalue weighted by Gasteiger charge is 2.66. The van der Waals surface area contributed by atoms with Crippen LogP contribution >= 0.6 is 12.4 Å². The second kappa shape index (κ2) is 7.45. The predicted molar refractivity (Wildman–Crippen MR) is 108 cm³/mol. The molecule has 0 aromatic heterocycles. The van der Waals surface area contributed by atoms with E-state index in [2.05, 4.69) is 18.0 Å². The van der Waals surface area contributed by atoms with Crippen molar-refractivity contribution in [2.24, 2.45) is 5.92 Å². The molecular formula is C21H28ClNO6. The summed E-state index contributed by atoms with van der Waals surface area (Å²) in [7, 11) is 2.21. The van der Waals surface area contributed by atoms with Gasteiger partial charge in [0, 0.05) is 30.9 Å². The van der Waals surface area contributed by atoms with Gasteiger partial charge in [0.25, 0.3) is 0 Å². The fraction of sp³-hybridized carbons (Fsp3) is 0.619. The van der Waals surface area contributed by atoms with Crippen LogP contribution in [-0.4, -0.2) is 54.2 Å². The summed E-state index contributed by atoms with van der Waals surface area (Å²) in [4.78, 5) is 25.8. The smallest absolute Gasteiger partial charge is 0.308 e. The van der Waals surface area contributed by atoms with E-state index in [0.29, 0.717) is 23.5 Å². The van der Waals surface area contributed by atoms with Gasteiger partial charge in [0.15, 0.2) is 11.5 Å². The molecule has 0 amide bonds. The van der Waals surface area contributed by atoms with Gasteiger partial charge in [-0.1, -0.05) is 6.07 Å². The molecule has 2 N–H and O–H groups in total. The van der Waals surface area contributed by atoms with Crippen LogP contribution < -0.4 is 9.47 Å². The number of hydrogen-bond donors (Lipinski definition) is 0. The first-order chi connectivity index (χ1) is 12.9. The molecule has 2 heterocycles. The second-order valence-corrected chi connectivity index (χ2v) is 8.43. The van der Waals surface area contributed by atoms with Gasteiger partial charge >= 0.3 is 11.9 Å². The van der Waals surface area contributed by atoms with Crippen LogP contribution in [0, 0.1) is 5.92 Å². The van der Waals surface area contributed by atoms with E-state index in [1.807, 2.05) is 6.07 Å². The molecule has 0 radical (unpaired) electrons. The van der Waals surface area contributed by atoms with E-state index < -0.39 is 0 Å². The molecule has 2 fully saturated rings. The first-order valence-electron chi connectivity index (χ1n) is 9.80. The van der Waals surface area contributed by atoms with Crippen LogP contribution in [0.3, 0.4) is 0 Å². The number of halogens is 1. The zero-order valence-electron chi connectivity index (χ0n) is 16.9. The number of carbonyl (C=O) groups excluding carboxylic acids is 2. The molecule has 160 valence electrons. The molecule has 1 spiro atoms. The minimum absolute atomic E-state index is 0. The van der Waals surface area contributed by atoms with Gasteiger partial charge in [-0.2, -0.15) is 0 Å². The maximum atomic E-state index is 11.7. The van der Waals surface area contributed by atoms with Gasteiger partial charge in [0.05, 0.1) is 0 Å². The van der Waals surface area contributed by atoms with Crippen LogP contribution in [0.5, 0.6) is 11.5 Å². The molecular weight excluding hydrogens is 398 g/mol. The largest absolute Gasteiger partial charge is 0.481 e. The van der Waals surface area contributed by atoms with Crippen molar-refractivity contribution in [3.8, 4) is 11.5 Å². The number of rotatable bonds is 2. The van der Waals surface area contributed by atoms with Gasteiger partial charge in [0.1, 0.15) is 12.2 Å². The van der Waals surface area contributed by atoms with Crippen molar-refractivity contribution in [2.45, 2.75) is 63.2 Å². The maximum absolute atomic E-state index is 11.7. The molecule has 1 aromatic rings. The van der Waals surface area contributed by atoms with E-state index in [-0.39, 0.29) is 47.4 Å². The molecule has 2 unspecified atom stereocenters. The number of esters is 2. The van der Waals surface area contributed by atoms with Gasteiger partial charge in [-0.05, 0) is 56.8 Å². The minimum atomic E-state index is -0.354. The highest BCUT2D eigenvalue weighted by molar-refractivity contribution is 5.85. The standard InChI is InChI=1S/C21H25NO5.ClH.H2O/c1-11(23)25-16-6-4-13-10-15-14-5-7-17(26-12(2)24)20-21(14,8-9-22(15)3)18(13)19(16)27-20;;/h4,6,14-15,17,20H,5,7-10H2,1-3H3;1H;1H2/t14-,15+,17?,20?,21-;;/m0../s1. The number of piperidine rings is 1. The molecule has 1 saturated carbocycles. The second-order valence-electron chi connectivity index (χ2n) is 8.43. The fourth-order valence-corrected chi connectivity index (χ4v) is 6.25. The van der Waals surface area contributed by atoms with Crippen molar-refractivity contribution in [1.29, 1.82) is 0 Å². The molecule has 1 saturated heterocycles. The highest BCUT2D eigenvalue weighted by Crippen LogP contribution is 2.64. The van der Waals surface area contributed by atoms with Gasteiger partial charge in [-0.3, -0.25) is 9.59 Å². The zero-order chi connectivity index (χ0) is 18.9. The Hall–Kier alpha value is -1.83. The monoisotopic (exact) mass is 425 g/mol. The average Bonchev–Trinajstić information content (AvgIpc) is 2.95. The van der Waals surface area contributed by atoms with Crippen LogP contribution in [0.25, 0.3) is 0 Å². The molecule has 2 bridgehead atoms. The molecule has 7 nitrogen and oxygen atoms in total. The summed E-state index contributed by atoms with van der Waals surface area (Å²) < 4.78 is 17.7. The minimum Gasteiger partial charge on any atom is -0.481 e. The normalized spacial score (nSPS) is 33.3. The van der Waals surface area contributed by atoms with Crippen LogP contribution in [-0.2, 0) is 26.2 Å². The van der Waals surface area contributed by atoms with Crippen LogP contribution in [0.1, 0.15) is 44.2 Å². The summed E-state index contributed by atoms with van der Waals surface area (Å²) in [5.41, 5.74) is 2.33. The van der Waals surface area contributed by atoms with Crippen molar-refractivity contribution < 1.29 is 29.3 Å². The van der Waals surface area contributed by atoms with E-state index >= 15 is 0 Å². The van der Waals surface area contributed by atoms with E-state index in [1.165, 1.54) is 25.0 Å². The summed E-state index contributed by atoms with van der Waals surface area (Å²) in [5, 5.41) is 0. The Balaban J connectivity index is 0.00000120. The topological polar surface area (TPSA) is 96.6 Å². The van der Waals surface area contributed by atoms with Crippen molar-refractivity contribution in [1.82, 2.24) is 4.90 Å². The van der Waals surface area contributed by atoms with E-state index in [9.17, 15) is 9.59 Å². The number of benzene rings is 1. The van der Waals surface area contributed by atoms with Crippen molar-refractivity contribution in [2.75, 3.05) is 13.6 Å². The van der Waals surface area contributed by atoms with E-state index in [4.69, 9.17) is 14.2 Å². The maximum Gasteiger partial charge on any atom is 0.308 e. The summed E-state index contributed by atoms with van der Waals surface area (Å²) in [5.74, 6) is 1.03. The first-order valence-corrected chi connectivity index (χ1v) is 9.80. The highest BCUT2D eigenvalue weighted by atomic mass is 35.5. The van der Waals surface area contributed by atoms with E-state index in [1.54, 1.807) is 0 Å². The van der Waals surface area contributed by atoms with Crippen molar-refractivity contribution in [3.63, 3.8) is 0 Å². The Kier molecular flexibility index (Phi) is 5.62. The Labute approximate surface area is 176 Å². The number of hydrogen-bond acceptors (Lipinski definition) is 6. The summed E-state index contributed by atoms with van der Waals surface area (Å²) in [6.07, 6.45) is 3.32. The molecule has 2 aliphatic heterocycles. The summed E-state index contributed by atoms with van der Waals surface area (Å²) >= 11 is 0. The third-order valence-corrected chi connectivity index (χ3v) is 7.10. The fourth-order valence-electron chi connectivity index (χ4n) is 6.25.